The van der Waals surface area contributed by atoms with E-state index < -0.39 is 11.9 Å². The summed E-state index contributed by atoms with van der Waals surface area (Å²) in [5.41, 5.74) is 1.17. The average molecular weight is 287 g/mol. The predicted octanol–water partition coefficient (Wildman–Crippen LogP) is 1.41. The fourth-order valence-corrected chi connectivity index (χ4v) is 1.66. The van der Waals surface area contributed by atoms with Crippen LogP contribution in [0.2, 0.25) is 0 Å². The highest BCUT2D eigenvalue weighted by Gasteiger charge is 2.12. The normalized spacial score (nSPS) is 10.7. The SMILES string of the molecule is Cc1cc(CNC(=O)c2ncccc2/C=C/C(=O)O)no1. The Morgan fingerprint density at radius 1 is 1.48 bits per heavy atom. The Bertz CT molecular complexity index is 691. The third-order valence-electron chi connectivity index (χ3n) is 2.57. The summed E-state index contributed by atoms with van der Waals surface area (Å²) in [7, 11) is 0. The molecule has 0 bridgehead atoms. The van der Waals surface area contributed by atoms with Crippen LogP contribution in [-0.4, -0.2) is 27.1 Å². The van der Waals surface area contributed by atoms with E-state index in [1.807, 2.05) is 0 Å². The fourth-order valence-electron chi connectivity index (χ4n) is 1.66. The average Bonchev–Trinajstić information content (AvgIpc) is 2.88. The van der Waals surface area contributed by atoms with Gasteiger partial charge in [-0.1, -0.05) is 11.2 Å². The summed E-state index contributed by atoms with van der Waals surface area (Å²) in [5, 5.41) is 15.0. The van der Waals surface area contributed by atoms with Crippen LogP contribution in [0.3, 0.4) is 0 Å². The Kier molecular flexibility index (Phi) is 4.45. The molecule has 108 valence electrons. The minimum Gasteiger partial charge on any atom is -0.478 e. The zero-order valence-corrected chi connectivity index (χ0v) is 11.2. The van der Waals surface area contributed by atoms with Crippen molar-refractivity contribution in [2.75, 3.05) is 0 Å². The van der Waals surface area contributed by atoms with Crippen LogP contribution in [-0.2, 0) is 11.3 Å². The number of hydrogen-bond acceptors (Lipinski definition) is 5. The number of carboxylic acid groups (broad SMARTS) is 1. The van der Waals surface area contributed by atoms with Gasteiger partial charge >= 0.3 is 5.97 Å². The van der Waals surface area contributed by atoms with Gasteiger partial charge in [-0.2, -0.15) is 0 Å². The number of aliphatic carboxylic acids is 1. The van der Waals surface area contributed by atoms with Crippen molar-refractivity contribution in [3.8, 4) is 0 Å². The number of nitrogens with one attached hydrogen (secondary N) is 1. The third kappa shape index (κ3) is 4.00. The van der Waals surface area contributed by atoms with Crippen molar-refractivity contribution in [1.29, 1.82) is 0 Å². The summed E-state index contributed by atoms with van der Waals surface area (Å²) >= 11 is 0. The molecule has 2 aromatic rings. The number of pyridine rings is 1. The van der Waals surface area contributed by atoms with Crippen molar-refractivity contribution in [3.63, 3.8) is 0 Å². The van der Waals surface area contributed by atoms with E-state index in [-0.39, 0.29) is 12.2 Å². The first-order chi connectivity index (χ1) is 10.1. The zero-order valence-electron chi connectivity index (χ0n) is 11.2. The number of aryl methyl sites for hydroxylation is 1. The summed E-state index contributed by atoms with van der Waals surface area (Å²) in [4.78, 5) is 26.6. The molecule has 0 aliphatic heterocycles. The number of hydrogen-bond donors (Lipinski definition) is 2. The molecule has 7 nitrogen and oxygen atoms in total. The van der Waals surface area contributed by atoms with E-state index in [2.05, 4.69) is 15.5 Å². The maximum Gasteiger partial charge on any atom is 0.328 e. The number of carbonyl (C=O) groups excluding carboxylic acids is 1. The highest BCUT2D eigenvalue weighted by atomic mass is 16.5. The maximum atomic E-state index is 12.1. The molecule has 21 heavy (non-hydrogen) atoms. The highest BCUT2D eigenvalue weighted by molar-refractivity contribution is 5.97. The lowest BCUT2D eigenvalue weighted by Gasteiger charge is -2.05. The number of nitrogens with zero attached hydrogens (tertiary/aromatic N) is 2. The third-order valence-corrected chi connectivity index (χ3v) is 2.57. The van der Waals surface area contributed by atoms with E-state index in [9.17, 15) is 9.59 Å². The number of carbonyl (C=O) groups is 2. The van der Waals surface area contributed by atoms with E-state index in [4.69, 9.17) is 9.63 Å². The fraction of sp³-hybridized carbons (Fsp3) is 0.143. The van der Waals surface area contributed by atoms with E-state index in [0.717, 1.165) is 6.08 Å². The van der Waals surface area contributed by atoms with E-state index in [1.165, 1.54) is 12.3 Å². The molecule has 0 fully saturated rings. The maximum absolute atomic E-state index is 12.1. The van der Waals surface area contributed by atoms with Crippen molar-refractivity contribution in [3.05, 3.63) is 53.2 Å². The van der Waals surface area contributed by atoms with Gasteiger partial charge in [0.2, 0.25) is 0 Å². The number of amides is 1. The molecule has 0 aromatic carbocycles. The van der Waals surface area contributed by atoms with Crippen LogP contribution in [0.1, 0.15) is 27.5 Å². The van der Waals surface area contributed by atoms with Crippen LogP contribution < -0.4 is 5.32 Å². The highest BCUT2D eigenvalue weighted by Crippen LogP contribution is 2.08. The molecule has 2 aromatic heterocycles. The molecule has 0 saturated carbocycles. The van der Waals surface area contributed by atoms with Gasteiger partial charge in [0, 0.05) is 23.9 Å². The van der Waals surface area contributed by atoms with Crippen molar-refractivity contribution in [1.82, 2.24) is 15.5 Å². The minimum absolute atomic E-state index is 0.148. The summed E-state index contributed by atoms with van der Waals surface area (Å²) in [6.45, 7) is 1.96. The van der Waals surface area contributed by atoms with E-state index in [1.54, 1.807) is 25.1 Å². The summed E-state index contributed by atoms with van der Waals surface area (Å²) in [5.74, 6) is -0.855. The lowest BCUT2D eigenvalue weighted by molar-refractivity contribution is -0.131. The quantitative estimate of drug-likeness (QED) is 0.805. The second kappa shape index (κ2) is 6.47. The minimum atomic E-state index is -1.09. The predicted molar refractivity (Wildman–Crippen MR) is 73.3 cm³/mol. The van der Waals surface area contributed by atoms with E-state index >= 15 is 0 Å². The number of carboxylic acids is 1. The summed E-state index contributed by atoms with van der Waals surface area (Å²) < 4.78 is 4.90. The van der Waals surface area contributed by atoms with Gasteiger partial charge in [-0.25, -0.2) is 4.79 Å². The first kappa shape index (κ1) is 14.4. The van der Waals surface area contributed by atoms with Crippen LogP contribution in [0, 0.1) is 6.92 Å². The van der Waals surface area contributed by atoms with Crippen LogP contribution in [0.25, 0.3) is 6.08 Å². The van der Waals surface area contributed by atoms with Crippen molar-refractivity contribution >= 4 is 18.0 Å². The zero-order chi connectivity index (χ0) is 15.2. The molecule has 0 radical (unpaired) electrons. The Balaban J connectivity index is 2.10. The van der Waals surface area contributed by atoms with Gasteiger partial charge < -0.3 is 14.9 Å². The molecule has 2 rings (SSSR count). The van der Waals surface area contributed by atoms with Crippen LogP contribution in [0.15, 0.2) is 35.0 Å². The molecule has 0 aliphatic carbocycles. The summed E-state index contributed by atoms with van der Waals surface area (Å²) in [6.07, 6.45) is 3.74. The summed E-state index contributed by atoms with van der Waals surface area (Å²) in [6, 6.07) is 4.95. The first-order valence-corrected chi connectivity index (χ1v) is 6.12. The Hall–Kier alpha value is -2.96. The van der Waals surface area contributed by atoms with Gasteiger partial charge in [0.25, 0.3) is 5.91 Å². The molecule has 0 spiro atoms. The Morgan fingerprint density at radius 2 is 2.29 bits per heavy atom. The van der Waals surface area contributed by atoms with Gasteiger partial charge in [-0.15, -0.1) is 0 Å². The largest absolute Gasteiger partial charge is 0.478 e. The Morgan fingerprint density at radius 3 is 2.95 bits per heavy atom. The molecule has 0 saturated heterocycles. The molecular formula is C14H13N3O4. The monoisotopic (exact) mass is 287 g/mol. The standard InChI is InChI=1S/C14H13N3O4/c1-9-7-11(17-21-9)8-16-14(20)13-10(3-2-6-15-13)4-5-12(18)19/h2-7H,8H2,1H3,(H,16,20)(H,18,19)/b5-4+. The second-order valence-corrected chi connectivity index (χ2v) is 4.22. The molecular weight excluding hydrogens is 274 g/mol. The molecule has 7 heteroatoms. The molecule has 2 heterocycles. The number of rotatable bonds is 5. The molecule has 0 unspecified atom stereocenters. The molecule has 0 atom stereocenters. The van der Waals surface area contributed by atoms with Gasteiger partial charge in [0.1, 0.15) is 17.1 Å². The van der Waals surface area contributed by atoms with Gasteiger partial charge in [0.15, 0.2) is 0 Å². The Labute approximate surface area is 120 Å². The topological polar surface area (TPSA) is 105 Å². The lowest BCUT2D eigenvalue weighted by atomic mass is 10.1. The van der Waals surface area contributed by atoms with Crippen molar-refractivity contribution in [2.24, 2.45) is 0 Å². The van der Waals surface area contributed by atoms with Gasteiger partial charge in [-0.05, 0) is 19.1 Å². The van der Waals surface area contributed by atoms with Gasteiger partial charge in [0.05, 0.1) is 6.54 Å². The molecule has 0 aliphatic rings. The lowest BCUT2D eigenvalue weighted by Crippen LogP contribution is -2.24. The molecule has 1 amide bonds. The van der Waals surface area contributed by atoms with E-state index in [0.29, 0.717) is 17.0 Å². The number of aromatic nitrogens is 2. The van der Waals surface area contributed by atoms with Crippen LogP contribution in [0.4, 0.5) is 0 Å². The van der Waals surface area contributed by atoms with Crippen LogP contribution >= 0.6 is 0 Å². The van der Waals surface area contributed by atoms with Crippen LogP contribution in [0.5, 0.6) is 0 Å². The second-order valence-electron chi connectivity index (χ2n) is 4.22. The van der Waals surface area contributed by atoms with Gasteiger partial charge in [-0.3, -0.25) is 9.78 Å². The smallest absolute Gasteiger partial charge is 0.328 e. The van der Waals surface area contributed by atoms with Crippen molar-refractivity contribution < 1.29 is 19.2 Å². The molecule has 2 N–H and O–H groups in total. The van der Waals surface area contributed by atoms with Crippen molar-refractivity contribution in [2.45, 2.75) is 13.5 Å². The first-order valence-electron chi connectivity index (χ1n) is 6.12.